The van der Waals surface area contributed by atoms with Crippen LogP contribution in [0.15, 0.2) is 42.5 Å². The molecule has 0 aromatic heterocycles. The lowest BCUT2D eigenvalue weighted by molar-refractivity contribution is 0.211. The van der Waals surface area contributed by atoms with Crippen LogP contribution in [0, 0.1) is 5.92 Å². The Morgan fingerprint density at radius 2 is 1.81 bits per heavy atom. The van der Waals surface area contributed by atoms with Crippen LogP contribution in [0.2, 0.25) is 0 Å². The minimum atomic E-state index is 0.922. The lowest BCUT2D eigenvalue weighted by Crippen LogP contribution is -2.31. The maximum Gasteiger partial charge on any atom is 0.0205 e. The van der Waals surface area contributed by atoms with Crippen molar-refractivity contribution in [1.82, 2.24) is 10.2 Å². The summed E-state index contributed by atoms with van der Waals surface area (Å²) in [6, 6.07) is 15.3. The molecule has 0 unspecified atom stereocenters. The van der Waals surface area contributed by atoms with E-state index in [-0.39, 0.29) is 0 Å². The van der Waals surface area contributed by atoms with E-state index < -0.39 is 0 Å². The van der Waals surface area contributed by atoms with Crippen LogP contribution >= 0.6 is 0 Å². The zero-order valence-corrected chi connectivity index (χ0v) is 13.0. The van der Waals surface area contributed by atoms with Crippen molar-refractivity contribution in [2.45, 2.75) is 25.8 Å². The summed E-state index contributed by atoms with van der Waals surface area (Å²) in [5.74, 6) is 0.922. The van der Waals surface area contributed by atoms with Crippen LogP contribution in [0.5, 0.6) is 0 Å². The molecule has 1 saturated heterocycles. The van der Waals surface area contributed by atoms with Crippen LogP contribution in [0.4, 0.5) is 0 Å². The van der Waals surface area contributed by atoms with Gasteiger partial charge in [0.05, 0.1) is 0 Å². The van der Waals surface area contributed by atoms with Crippen LogP contribution < -0.4 is 5.32 Å². The van der Waals surface area contributed by atoms with Crippen LogP contribution in [-0.4, -0.2) is 31.6 Å². The molecule has 1 N–H and O–H groups in total. The Labute approximate surface area is 128 Å². The zero-order chi connectivity index (χ0) is 14.5. The molecule has 112 valence electrons. The number of fused-ring (bicyclic) bond motifs is 1. The number of likely N-dealkylation sites (tertiary alicyclic amines) is 1. The smallest absolute Gasteiger partial charge is 0.0205 e. The number of hydrogen-bond acceptors (Lipinski definition) is 2. The maximum atomic E-state index is 3.61. The predicted octanol–water partition coefficient (Wildman–Crippen LogP) is 3.66. The number of nitrogens with one attached hydrogen (secondary N) is 1. The van der Waals surface area contributed by atoms with Gasteiger partial charge in [-0.2, -0.15) is 0 Å². The standard InChI is InChI=1S/C19H26N2/c1-21-12-9-16(10-13-21)8-11-20-15-17-6-7-18-4-2-3-5-19(18)14-17/h2-7,14,16,20H,8-13,15H2,1H3. The largest absolute Gasteiger partial charge is 0.313 e. The average Bonchev–Trinajstić information content (AvgIpc) is 2.53. The minimum absolute atomic E-state index is 0.922. The highest BCUT2D eigenvalue weighted by Gasteiger charge is 2.15. The van der Waals surface area contributed by atoms with E-state index in [1.807, 2.05) is 0 Å². The van der Waals surface area contributed by atoms with Crippen molar-refractivity contribution in [1.29, 1.82) is 0 Å². The molecule has 2 nitrogen and oxygen atoms in total. The lowest BCUT2D eigenvalue weighted by Gasteiger charge is -2.28. The summed E-state index contributed by atoms with van der Waals surface area (Å²) in [4.78, 5) is 2.44. The second-order valence-electron chi connectivity index (χ2n) is 6.39. The number of nitrogens with zero attached hydrogens (tertiary/aromatic N) is 1. The number of rotatable bonds is 5. The second-order valence-corrected chi connectivity index (χ2v) is 6.39. The summed E-state index contributed by atoms with van der Waals surface area (Å²) < 4.78 is 0. The molecule has 2 heteroatoms. The molecule has 1 heterocycles. The van der Waals surface area contributed by atoms with Gasteiger partial charge >= 0.3 is 0 Å². The molecule has 3 rings (SSSR count). The fourth-order valence-electron chi connectivity index (χ4n) is 3.24. The highest BCUT2D eigenvalue weighted by Crippen LogP contribution is 2.19. The molecule has 1 aliphatic rings. The first-order valence-electron chi connectivity index (χ1n) is 8.18. The van der Waals surface area contributed by atoms with Crippen molar-refractivity contribution in [2.75, 3.05) is 26.7 Å². The van der Waals surface area contributed by atoms with E-state index in [1.54, 1.807) is 0 Å². The van der Waals surface area contributed by atoms with E-state index in [9.17, 15) is 0 Å². The second kappa shape index (κ2) is 7.06. The SMILES string of the molecule is CN1CCC(CCNCc2ccc3ccccc3c2)CC1. The Morgan fingerprint density at radius 1 is 1.05 bits per heavy atom. The van der Waals surface area contributed by atoms with Crippen molar-refractivity contribution in [3.63, 3.8) is 0 Å². The number of hydrogen-bond donors (Lipinski definition) is 1. The molecule has 0 saturated carbocycles. The Kier molecular flexibility index (Phi) is 4.89. The molecule has 1 fully saturated rings. The van der Waals surface area contributed by atoms with Gasteiger partial charge in [0.15, 0.2) is 0 Å². The summed E-state index contributed by atoms with van der Waals surface area (Å²) in [6.07, 6.45) is 4.06. The third-order valence-corrected chi connectivity index (χ3v) is 4.71. The van der Waals surface area contributed by atoms with Gasteiger partial charge in [-0.25, -0.2) is 0 Å². The van der Waals surface area contributed by atoms with Gasteiger partial charge in [-0.15, -0.1) is 0 Å². The summed E-state index contributed by atoms with van der Waals surface area (Å²) in [7, 11) is 2.23. The van der Waals surface area contributed by atoms with E-state index in [0.717, 1.165) is 19.0 Å². The summed E-state index contributed by atoms with van der Waals surface area (Å²) in [5.41, 5.74) is 1.39. The molecular formula is C19H26N2. The fourth-order valence-corrected chi connectivity index (χ4v) is 3.24. The van der Waals surface area contributed by atoms with Gasteiger partial charge < -0.3 is 10.2 Å². The number of piperidine rings is 1. The Morgan fingerprint density at radius 3 is 2.62 bits per heavy atom. The van der Waals surface area contributed by atoms with E-state index in [4.69, 9.17) is 0 Å². The summed E-state index contributed by atoms with van der Waals surface area (Å²) in [5, 5.41) is 6.28. The molecule has 21 heavy (non-hydrogen) atoms. The first-order chi connectivity index (χ1) is 10.3. The van der Waals surface area contributed by atoms with Gasteiger partial charge in [0.1, 0.15) is 0 Å². The molecule has 1 aliphatic heterocycles. The third-order valence-electron chi connectivity index (χ3n) is 4.71. The molecule has 0 bridgehead atoms. The molecule has 0 radical (unpaired) electrons. The van der Waals surface area contributed by atoms with Crippen molar-refractivity contribution >= 4 is 10.8 Å². The summed E-state index contributed by atoms with van der Waals surface area (Å²) in [6.45, 7) is 4.67. The third kappa shape index (κ3) is 4.05. The molecule has 0 atom stereocenters. The first kappa shape index (κ1) is 14.6. The molecule has 0 aliphatic carbocycles. The maximum absolute atomic E-state index is 3.61. The van der Waals surface area contributed by atoms with E-state index in [1.165, 1.54) is 48.7 Å². The van der Waals surface area contributed by atoms with Crippen molar-refractivity contribution < 1.29 is 0 Å². The summed E-state index contributed by atoms with van der Waals surface area (Å²) >= 11 is 0. The first-order valence-corrected chi connectivity index (χ1v) is 8.18. The van der Waals surface area contributed by atoms with Crippen LogP contribution in [0.3, 0.4) is 0 Å². The molecule has 2 aromatic carbocycles. The Balaban J connectivity index is 1.44. The minimum Gasteiger partial charge on any atom is -0.313 e. The zero-order valence-electron chi connectivity index (χ0n) is 13.0. The van der Waals surface area contributed by atoms with Gasteiger partial charge in [-0.1, -0.05) is 36.4 Å². The van der Waals surface area contributed by atoms with Gasteiger partial charge in [-0.3, -0.25) is 0 Å². The molecular weight excluding hydrogens is 256 g/mol. The Hall–Kier alpha value is -1.38. The Bertz CT molecular complexity index is 571. The van der Waals surface area contributed by atoms with E-state index in [2.05, 4.69) is 59.7 Å². The average molecular weight is 282 g/mol. The van der Waals surface area contributed by atoms with E-state index >= 15 is 0 Å². The van der Waals surface area contributed by atoms with Crippen LogP contribution in [-0.2, 0) is 6.54 Å². The predicted molar refractivity (Wildman–Crippen MR) is 90.5 cm³/mol. The molecule has 0 spiro atoms. The highest BCUT2D eigenvalue weighted by molar-refractivity contribution is 5.82. The van der Waals surface area contributed by atoms with Gasteiger partial charge in [0.2, 0.25) is 0 Å². The van der Waals surface area contributed by atoms with Crippen molar-refractivity contribution in [3.8, 4) is 0 Å². The lowest BCUT2D eigenvalue weighted by atomic mass is 9.94. The van der Waals surface area contributed by atoms with Crippen LogP contribution in [0.25, 0.3) is 10.8 Å². The normalized spacial score (nSPS) is 17.4. The quantitative estimate of drug-likeness (QED) is 0.842. The highest BCUT2D eigenvalue weighted by atomic mass is 15.1. The molecule has 2 aromatic rings. The van der Waals surface area contributed by atoms with Gasteiger partial charge in [0.25, 0.3) is 0 Å². The monoisotopic (exact) mass is 282 g/mol. The fraction of sp³-hybridized carbons (Fsp3) is 0.474. The molecule has 0 amide bonds. The van der Waals surface area contributed by atoms with Crippen molar-refractivity contribution in [3.05, 3.63) is 48.0 Å². The number of benzene rings is 2. The van der Waals surface area contributed by atoms with Crippen molar-refractivity contribution in [2.24, 2.45) is 5.92 Å². The topological polar surface area (TPSA) is 15.3 Å². The van der Waals surface area contributed by atoms with Gasteiger partial charge in [-0.05, 0) is 74.3 Å². The van der Waals surface area contributed by atoms with E-state index in [0.29, 0.717) is 0 Å². The van der Waals surface area contributed by atoms with Gasteiger partial charge in [0, 0.05) is 6.54 Å². The van der Waals surface area contributed by atoms with Crippen LogP contribution in [0.1, 0.15) is 24.8 Å².